The van der Waals surface area contributed by atoms with Crippen LogP contribution in [0.4, 0.5) is 4.39 Å². The highest BCUT2D eigenvalue weighted by Crippen LogP contribution is 2.29. The Labute approximate surface area is 135 Å². The van der Waals surface area contributed by atoms with Crippen LogP contribution in [0.25, 0.3) is 0 Å². The summed E-state index contributed by atoms with van der Waals surface area (Å²) in [6.07, 6.45) is 0. The molecule has 1 saturated heterocycles. The molecule has 0 unspecified atom stereocenters. The summed E-state index contributed by atoms with van der Waals surface area (Å²) in [4.78, 5) is 0. The SMILES string of the molecule is N[C@@H]1CN(S(=O)(=O)Cc2ccc(F)cc2)C[C@H]1c1ccccc1. The molecule has 0 amide bonds. The van der Waals surface area contributed by atoms with E-state index >= 15 is 0 Å². The fourth-order valence-electron chi connectivity index (χ4n) is 2.95. The lowest BCUT2D eigenvalue weighted by Gasteiger charge is -2.16. The molecule has 1 aliphatic rings. The van der Waals surface area contributed by atoms with Crippen molar-refractivity contribution in [3.8, 4) is 0 Å². The van der Waals surface area contributed by atoms with Gasteiger partial charge in [-0.15, -0.1) is 0 Å². The van der Waals surface area contributed by atoms with Gasteiger partial charge in [0.05, 0.1) is 5.75 Å². The molecule has 2 aromatic carbocycles. The third kappa shape index (κ3) is 3.60. The first kappa shape index (κ1) is 16.1. The summed E-state index contributed by atoms with van der Waals surface area (Å²) in [6.45, 7) is 0.692. The van der Waals surface area contributed by atoms with Crippen LogP contribution in [-0.4, -0.2) is 31.9 Å². The van der Waals surface area contributed by atoms with Gasteiger partial charge in [0, 0.05) is 25.0 Å². The van der Waals surface area contributed by atoms with Crippen LogP contribution in [0.2, 0.25) is 0 Å². The Bertz CT molecular complexity index is 763. The van der Waals surface area contributed by atoms with E-state index in [9.17, 15) is 12.8 Å². The maximum atomic E-state index is 12.9. The monoisotopic (exact) mass is 334 g/mol. The zero-order valence-corrected chi connectivity index (χ0v) is 13.4. The molecule has 6 heteroatoms. The Morgan fingerprint density at radius 1 is 1.04 bits per heavy atom. The van der Waals surface area contributed by atoms with Crippen molar-refractivity contribution in [3.05, 3.63) is 71.5 Å². The molecular weight excluding hydrogens is 315 g/mol. The first-order valence-corrected chi connectivity index (χ1v) is 9.09. The molecule has 1 aliphatic heterocycles. The highest BCUT2D eigenvalue weighted by Gasteiger charge is 2.37. The van der Waals surface area contributed by atoms with Gasteiger partial charge in [0.25, 0.3) is 0 Å². The smallest absolute Gasteiger partial charge is 0.218 e. The van der Waals surface area contributed by atoms with E-state index in [4.69, 9.17) is 5.73 Å². The van der Waals surface area contributed by atoms with Crippen molar-refractivity contribution in [2.24, 2.45) is 5.73 Å². The number of rotatable bonds is 4. The molecule has 0 bridgehead atoms. The normalized spacial score (nSPS) is 22.3. The number of nitrogens with zero attached hydrogens (tertiary/aromatic N) is 1. The number of sulfonamides is 1. The van der Waals surface area contributed by atoms with Gasteiger partial charge in [-0.25, -0.2) is 12.8 Å². The van der Waals surface area contributed by atoms with Crippen molar-refractivity contribution in [2.75, 3.05) is 13.1 Å². The Hall–Kier alpha value is -1.76. The lowest BCUT2D eigenvalue weighted by atomic mass is 9.95. The lowest BCUT2D eigenvalue weighted by molar-refractivity contribution is 0.469. The highest BCUT2D eigenvalue weighted by atomic mass is 32.2. The van der Waals surface area contributed by atoms with Crippen LogP contribution in [0.3, 0.4) is 0 Å². The summed E-state index contributed by atoms with van der Waals surface area (Å²) in [7, 11) is -3.47. The van der Waals surface area contributed by atoms with Crippen LogP contribution >= 0.6 is 0 Å². The minimum Gasteiger partial charge on any atom is -0.326 e. The molecule has 2 N–H and O–H groups in total. The predicted octanol–water partition coefficient (Wildman–Crippen LogP) is 2.08. The zero-order chi connectivity index (χ0) is 16.4. The third-order valence-electron chi connectivity index (χ3n) is 4.22. The van der Waals surface area contributed by atoms with Gasteiger partial charge in [0.1, 0.15) is 5.82 Å². The number of hydrogen-bond acceptors (Lipinski definition) is 3. The second-order valence-electron chi connectivity index (χ2n) is 5.88. The minimum absolute atomic E-state index is 0.000747. The van der Waals surface area contributed by atoms with Gasteiger partial charge in [0.15, 0.2) is 0 Å². The van der Waals surface area contributed by atoms with E-state index in [0.717, 1.165) is 5.56 Å². The molecule has 3 rings (SSSR count). The van der Waals surface area contributed by atoms with Gasteiger partial charge >= 0.3 is 0 Å². The maximum absolute atomic E-state index is 12.9. The Morgan fingerprint density at radius 2 is 1.70 bits per heavy atom. The van der Waals surface area contributed by atoms with E-state index in [1.165, 1.54) is 28.6 Å². The van der Waals surface area contributed by atoms with Crippen LogP contribution in [0.5, 0.6) is 0 Å². The molecular formula is C17H19FN2O2S. The van der Waals surface area contributed by atoms with Gasteiger partial charge in [-0.3, -0.25) is 0 Å². The first-order valence-electron chi connectivity index (χ1n) is 7.48. The topological polar surface area (TPSA) is 63.4 Å². The molecule has 122 valence electrons. The zero-order valence-electron chi connectivity index (χ0n) is 12.6. The van der Waals surface area contributed by atoms with E-state index in [0.29, 0.717) is 18.7 Å². The van der Waals surface area contributed by atoms with Crippen molar-refractivity contribution in [3.63, 3.8) is 0 Å². The summed E-state index contributed by atoms with van der Waals surface area (Å²) >= 11 is 0. The average molecular weight is 334 g/mol. The minimum atomic E-state index is -3.47. The van der Waals surface area contributed by atoms with Gasteiger partial charge in [-0.2, -0.15) is 4.31 Å². The fourth-order valence-corrected chi connectivity index (χ4v) is 4.54. The van der Waals surface area contributed by atoms with Crippen molar-refractivity contribution >= 4 is 10.0 Å². The van der Waals surface area contributed by atoms with Crippen LogP contribution in [0.15, 0.2) is 54.6 Å². The lowest BCUT2D eigenvalue weighted by Crippen LogP contribution is -2.33. The van der Waals surface area contributed by atoms with Gasteiger partial charge < -0.3 is 5.73 Å². The molecule has 23 heavy (non-hydrogen) atoms. The Morgan fingerprint density at radius 3 is 2.35 bits per heavy atom. The largest absolute Gasteiger partial charge is 0.326 e. The molecule has 2 atom stereocenters. The molecule has 0 radical (unpaired) electrons. The molecule has 1 heterocycles. The van der Waals surface area contributed by atoms with E-state index in [2.05, 4.69) is 0 Å². The molecule has 1 fully saturated rings. The van der Waals surface area contributed by atoms with Crippen LogP contribution in [0, 0.1) is 5.82 Å². The second kappa shape index (κ2) is 6.39. The van der Waals surface area contributed by atoms with Crippen molar-refractivity contribution in [1.29, 1.82) is 0 Å². The van der Waals surface area contributed by atoms with E-state index in [-0.39, 0.29) is 23.5 Å². The molecule has 0 spiro atoms. The first-order chi connectivity index (χ1) is 11.0. The summed E-state index contributed by atoms with van der Waals surface area (Å²) in [5, 5.41) is 0. The molecule has 2 aromatic rings. The number of nitrogens with two attached hydrogens (primary N) is 1. The third-order valence-corrected chi connectivity index (χ3v) is 6.00. The van der Waals surface area contributed by atoms with Crippen molar-refractivity contribution in [1.82, 2.24) is 4.31 Å². The van der Waals surface area contributed by atoms with Crippen LogP contribution in [0.1, 0.15) is 17.0 Å². The van der Waals surface area contributed by atoms with Crippen LogP contribution in [-0.2, 0) is 15.8 Å². The highest BCUT2D eigenvalue weighted by molar-refractivity contribution is 7.88. The Kier molecular flexibility index (Phi) is 4.48. The second-order valence-corrected chi connectivity index (χ2v) is 7.85. The van der Waals surface area contributed by atoms with Crippen molar-refractivity contribution in [2.45, 2.75) is 17.7 Å². The molecule has 0 aromatic heterocycles. The number of hydrogen-bond donors (Lipinski definition) is 1. The Balaban J connectivity index is 1.75. The summed E-state index contributed by atoms with van der Waals surface area (Å²) in [5.41, 5.74) is 7.78. The van der Waals surface area contributed by atoms with Gasteiger partial charge in [-0.05, 0) is 23.3 Å². The van der Waals surface area contributed by atoms with E-state index in [1.807, 2.05) is 30.3 Å². The van der Waals surface area contributed by atoms with Crippen LogP contribution < -0.4 is 5.73 Å². The van der Waals surface area contributed by atoms with Gasteiger partial charge in [0.2, 0.25) is 10.0 Å². The molecule has 0 saturated carbocycles. The molecule has 4 nitrogen and oxygen atoms in total. The van der Waals surface area contributed by atoms with Gasteiger partial charge in [-0.1, -0.05) is 42.5 Å². The number of benzene rings is 2. The summed E-state index contributed by atoms with van der Waals surface area (Å²) in [5.74, 6) is -0.515. The standard InChI is InChI=1S/C17H19FN2O2S/c18-15-8-6-13(7-9-15)12-23(21,22)20-10-16(17(19)11-20)14-4-2-1-3-5-14/h1-9,16-17H,10-12,19H2/t16-,17+/m0/s1. The van der Waals surface area contributed by atoms with E-state index < -0.39 is 10.0 Å². The molecule has 0 aliphatic carbocycles. The van der Waals surface area contributed by atoms with Crippen molar-refractivity contribution < 1.29 is 12.8 Å². The summed E-state index contributed by atoms with van der Waals surface area (Å²) in [6, 6.07) is 15.0. The fraction of sp³-hybridized carbons (Fsp3) is 0.294. The predicted molar refractivity (Wildman–Crippen MR) is 87.8 cm³/mol. The number of halogens is 1. The van der Waals surface area contributed by atoms with E-state index in [1.54, 1.807) is 0 Å². The quantitative estimate of drug-likeness (QED) is 0.931. The average Bonchev–Trinajstić information content (AvgIpc) is 2.93. The maximum Gasteiger partial charge on any atom is 0.218 e. The summed E-state index contributed by atoms with van der Waals surface area (Å²) < 4.78 is 39.5.